The molecule has 1 atom stereocenters. The van der Waals surface area contributed by atoms with E-state index in [1.165, 1.54) is 0 Å². The molecule has 0 aliphatic carbocycles. The molecule has 1 heterocycles. The molecule has 1 aromatic heterocycles. The Balaban J connectivity index is 3.04. The van der Waals surface area contributed by atoms with Crippen molar-refractivity contribution in [2.75, 3.05) is 6.61 Å². The van der Waals surface area contributed by atoms with Gasteiger partial charge in [-0.25, -0.2) is 0 Å². The smallest absolute Gasteiger partial charge is 0.0711 e. The Bertz CT molecular complexity index is 273. The summed E-state index contributed by atoms with van der Waals surface area (Å²) in [6.45, 7) is 3.53. The van der Waals surface area contributed by atoms with Crippen LogP contribution in [0, 0.1) is 0 Å². The number of rotatable bonds is 3. The van der Waals surface area contributed by atoms with Gasteiger partial charge in [0.25, 0.3) is 0 Å². The number of nitrogens with two attached hydrogens (primary N) is 1. The second-order valence-electron chi connectivity index (χ2n) is 2.47. The van der Waals surface area contributed by atoms with Gasteiger partial charge < -0.3 is 10.8 Å². The minimum absolute atomic E-state index is 0.0994. The Labute approximate surface area is 71.6 Å². The van der Waals surface area contributed by atoms with Crippen LogP contribution in [-0.2, 0) is 0 Å². The predicted molar refractivity (Wildman–Crippen MR) is 48.3 cm³/mol. The highest BCUT2D eigenvalue weighted by Crippen LogP contribution is 2.13. The summed E-state index contributed by atoms with van der Waals surface area (Å²) in [5.74, 6) is 0. The lowest BCUT2D eigenvalue weighted by molar-refractivity contribution is 0.265. The molecule has 3 heteroatoms. The molecule has 0 bridgehead atoms. The van der Waals surface area contributed by atoms with Crippen molar-refractivity contribution in [3.63, 3.8) is 0 Å². The molecule has 0 spiro atoms. The van der Waals surface area contributed by atoms with Gasteiger partial charge in [0, 0.05) is 6.20 Å². The first-order chi connectivity index (χ1) is 5.79. The van der Waals surface area contributed by atoms with Gasteiger partial charge in [0.1, 0.15) is 0 Å². The summed E-state index contributed by atoms with van der Waals surface area (Å²) in [7, 11) is 0. The van der Waals surface area contributed by atoms with Gasteiger partial charge in [0.05, 0.1) is 18.3 Å². The second-order valence-corrected chi connectivity index (χ2v) is 2.47. The fourth-order valence-corrected chi connectivity index (χ4v) is 0.999. The third-order valence-electron chi connectivity index (χ3n) is 1.64. The monoisotopic (exact) mass is 164 g/mol. The van der Waals surface area contributed by atoms with E-state index in [4.69, 9.17) is 10.8 Å². The molecule has 0 aliphatic rings. The van der Waals surface area contributed by atoms with Crippen molar-refractivity contribution in [2.24, 2.45) is 5.73 Å². The molecule has 3 nitrogen and oxygen atoms in total. The molecule has 0 amide bonds. The standard InChI is InChI=1S/C9H12N2O/c1-2-7-4-3-5-11-9(7)8(10)6-12/h2-5,8,12H,1,6,10H2/t8-/m0/s1. The summed E-state index contributed by atoms with van der Waals surface area (Å²) in [6.07, 6.45) is 3.33. The minimum Gasteiger partial charge on any atom is -0.394 e. The zero-order valence-electron chi connectivity index (χ0n) is 6.77. The summed E-state index contributed by atoms with van der Waals surface area (Å²) >= 11 is 0. The van der Waals surface area contributed by atoms with Crippen LogP contribution in [0.3, 0.4) is 0 Å². The second kappa shape index (κ2) is 3.99. The van der Waals surface area contributed by atoms with E-state index in [1.807, 2.05) is 12.1 Å². The number of nitrogens with zero attached hydrogens (tertiary/aromatic N) is 1. The van der Waals surface area contributed by atoms with Gasteiger partial charge in [0.2, 0.25) is 0 Å². The van der Waals surface area contributed by atoms with E-state index >= 15 is 0 Å². The van der Waals surface area contributed by atoms with Crippen molar-refractivity contribution in [2.45, 2.75) is 6.04 Å². The molecule has 0 unspecified atom stereocenters. The predicted octanol–water partition coefficient (Wildman–Crippen LogP) is 0.717. The van der Waals surface area contributed by atoms with Gasteiger partial charge in [0.15, 0.2) is 0 Å². The van der Waals surface area contributed by atoms with Crippen molar-refractivity contribution < 1.29 is 5.11 Å². The molecule has 0 aliphatic heterocycles. The van der Waals surface area contributed by atoms with Crippen LogP contribution in [0.5, 0.6) is 0 Å². The van der Waals surface area contributed by atoms with E-state index in [0.717, 1.165) is 5.56 Å². The van der Waals surface area contributed by atoms with Crippen LogP contribution >= 0.6 is 0 Å². The maximum absolute atomic E-state index is 8.81. The normalized spacial score (nSPS) is 12.5. The number of pyridine rings is 1. The Hall–Kier alpha value is -1.19. The number of hydrogen-bond acceptors (Lipinski definition) is 3. The van der Waals surface area contributed by atoms with Gasteiger partial charge in [-0.05, 0) is 11.6 Å². The lowest BCUT2D eigenvalue weighted by atomic mass is 10.1. The fraction of sp³-hybridized carbons (Fsp3) is 0.222. The molecule has 1 rings (SSSR count). The van der Waals surface area contributed by atoms with E-state index in [-0.39, 0.29) is 6.61 Å². The molecule has 0 radical (unpaired) electrons. The summed E-state index contributed by atoms with van der Waals surface area (Å²) in [5.41, 5.74) is 7.17. The average Bonchev–Trinajstić information content (AvgIpc) is 2.16. The molecular weight excluding hydrogens is 152 g/mol. The largest absolute Gasteiger partial charge is 0.394 e. The van der Waals surface area contributed by atoms with Crippen LogP contribution in [0.4, 0.5) is 0 Å². The molecule has 1 aromatic rings. The Morgan fingerprint density at radius 2 is 2.50 bits per heavy atom. The van der Waals surface area contributed by atoms with Crippen molar-refractivity contribution in [3.05, 3.63) is 36.2 Å². The van der Waals surface area contributed by atoms with E-state index in [2.05, 4.69) is 11.6 Å². The first-order valence-corrected chi connectivity index (χ1v) is 3.73. The van der Waals surface area contributed by atoms with Gasteiger partial charge in [-0.3, -0.25) is 4.98 Å². The molecule has 12 heavy (non-hydrogen) atoms. The Morgan fingerprint density at radius 3 is 3.08 bits per heavy atom. The van der Waals surface area contributed by atoms with E-state index in [1.54, 1.807) is 12.3 Å². The van der Waals surface area contributed by atoms with E-state index in [0.29, 0.717) is 5.69 Å². The van der Waals surface area contributed by atoms with Crippen molar-refractivity contribution in [1.29, 1.82) is 0 Å². The molecular formula is C9H12N2O. The highest BCUT2D eigenvalue weighted by molar-refractivity contribution is 5.50. The van der Waals surface area contributed by atoms with E-state index in [9.17, 15) is 0 Å². The minimum atomic E-state index is -0.417. The first-order valence-electron chi connectivity index (χ1n) is 3.73. The van der Waals surface area contributed by atoms with Crippen LogP contribution in [0.25, 0.3) is 6.08 Å². The van der Waals surface area contributed by atoms with E-state index < -0.39 is 6.04 Å². The molecule has 0 saturated carbocycles. The maximum atomic E-state index is 8.81. The zero-order valence-corrected chi connectivity index (χ0v) is 6.77. The highest BCUT2D eigenvalue weighted by Gasteiger charge is 2.08. The van der Waals surface area contributed by atoms with Crippen LogP contribution in [0.15, 0.2) is 24.9 Å². The van der Waals surface area contributed by atoms with Crippen molar-refractivity contribution in [3.8, 4) is 0 Å². The molecule has 3 N–H and O–H groups in total. The van der Waals surface area contributed by atoms with Gasteiger partial charge in [-0.2, -0.15) is 0 Å². The van der Waals surface area contributed by atoms with Gasteiger partial charge >= 0.3 is 0 Å². The molecule has 0 fully saturated rings. The molecule has 0 aromatic carbocycles. The van der Waals surface area contributed by atoms with Crippen LogP contribution in [0.1, 0.15) is 17.3 Å². The maximum Gasteiger partial charge on any atom is 0.0711 e. The number of aliphatic hydroxyl groups is 1. The van der Waals surface area contributed by atoms with Crippen molar-refractivity contribution in [1.82, 2.24) is 4.98 Å². The summed E-state index contributed by atoms with van der Waals surface area (Å²) < 4.78 is 0. The SMILES string of the molecule is C=Cc1cccnc1[C@@H](N)CO. The quantitative estimate of drug-likeness (QED) is 0.692. The summed E-state index contributed by atoms with van der Waals surface area (Å²) in [6, 6.07) is 3.26. The lowest BCUT2D eigenvalue weighted by Crippen LogP contribution is -2.17. The van der Waals surface area contributed by atoms with Crippen LogP contribution in [0.2, 0.25) is 0 Å². The average molecular weight is 164 g/mol. The van der Waals surface area contributed by atoms with Crippen LogP contribution < -0.4 is 5.73 Å². The van der Waals surface area contributed by atoms with Crippen molar-refractivity contribution >= 4 is 6.08 Å². The van der Waals surface area contributed by atoms with Crippen LogP contribution in [-0.4, -0.2) is 16.7 Å². The molecule has 64 valence electrons. The third-order valence-corrected chi connectivity index (χ3v) is 1.64. The number of hydrogen-bond donors (Lipinski definition) is 2. The molecule has 0 saturated heterocycles. The third kappa shape index (κ3) is 1.69. The summed E-state index contributed by atoms with van der Waals surface area (Å²) in [5, 5.41) is 8.81. The topological polar surface area (TPSA) is 59.1 Å². The van der Waals surface area contributed by atoms with Gasteiger partial charge in [-0.1, -0.05) is 18.7 Å². The Kier molecular flexibility index (Phi) is 2.96. The Morgan fingerprint density at radius 1 is 1.75 bits per heavy atom. The zero-order chi connectivity index (χ0) is 8.97. The lowest BCUT2D eigenvalue weighted by Gasteiger charge is -2.09. The number of aliphatic hydroxyl groups excluding tert-OH is 1. The highest BCUT2D eigenvalue weighted by atomic mass is 16.3. The number of aromatic nitrogens is 1. The fourth-order valence-electron chi connectivity index (χ4n) is 0.999. The summed E-state index contributed by atoms with van der Waals surface area (Å²) in [4.78, 5) is 4.06. The first kappa shape index (κ1) is 8.90. The van der Waals surface area contributed by atoms with Gasteiger partial charge in [-0.15, -0.1) is 0 Å².